The van der Waals surface area contributed by atoms with Crippen LogP contribution in [0.15, 0.2) is 101 Å². The summed E-state index contributed by atoms with van der Waals surface area (Å²) in [7, 11) is 0. The molecule has 3 aliphatic carbocycles. The fraction of sp³-hybridized carbons (Fsp3) is 0.184. The first-order valence-corrected chi connectivity index (χ1v) is 13.9. The van der Waals surface area contributed by atoms with Crippen LogP contribution in [-0.4, -0.2) is 5.78 Å². The molecular formula is C38H37NO. The lowest BCUT2D eigenvalue weighted by molar-refractivity contribution is 0.104. The first-order chi connectivity index (χ1) is 19.4. The van der Waals surface area contributed by atoms with Gasteiger partial charge in [-0.1, -0.05) is 78.2 Å². The minimum Gasteiger partial charge on any atom is -0.378 e. The van der Waals surface area contributed by atoms with E-state index in [1.165, 1.54) is 22.3 Å². The van der Waals surface area contributed by atoms with Gasteiger partial charge in [-0.3, -0.25) is 4.79 Å². The molecule has 0 aromatic heterocycles. The van der Waals surface area contributed by atoms with Gasteiger partial charge in [0.25, 0.3) is 0 Å². The second-order valence-electron chi connectivity index (χ2n) is 11.1. The number of aryl methyl sites for hydroxylation is 1. The van der Waals surface area contributed by atoms with Crippen molar-refractivity contribution in [1.29, 1.82) is 0 Å². The number of anilines is 1. The number of fused-ring (bicyclic) bond motifs is 1. The Hall–Kier alpha value is -4.35. The van der Waals surface area contributed by atoms with E-state index in [0.717, 1.165) is 57.5 Å². The number of allylic oxidation sites excluding steroid dienone is 8. The van der Waals surface area contributed by atoms with Crippen LogP contribution in [0.5, 0.6) is 0 Å². The highest BCUT2D eigenvalue weighted by molar-refractivity contribution is 6.16. The molecule has 1 atom stereocenters. The number of Topliss-reactive ketones (excluding diaryl/α,β-unsaturated/α-hetero) is 1. The monoisotopic (exact) mass is 523 g/mol. The van der Waals surface area contributed by atoms with E-state index in [1.807, 2.05) is 36.8 Å². The average molecular weight is 524 g/mol. The third-order valence-corrected chi connectivity index (χ3v) is 8.32. The zero-order valence-electron chi connectivity index (χ0n) is 23.3. The minimum absolute atomic E-state index is 0. The third kappa shape index (κ3) is 4.89. The maximum Gasteiger partial charge on any atom is 0.191 e. The Morgan fingerprint density at radius 1 is 1.05 bits per heavy atom. The molecule has 0 saturated heterocycles. The van der Waals surface area contributed by atoms with Crippen LogP contribution in [0.1, 0.15) is 66.5 Å². The number of hydrogen-bond acceptors (Lipinski definition) is 2. The molecule has 0 heterocycles. The maximum atomic E-state index is 12.9. The smallest absolute Gasteiger partial charge is 0.191 e. The molecular weight excluding hydrogens is 486 g/mol. The molecule has 2 heteroatoms. The lowest BCUT2D eigenvalue weighted by atomic mass is 9.83. The van der Waals surface area contributed by atoms with Gasteiger partial charge in [-0.15, -0.1) is 6.42 Å². The highest BCUT2D eigenvalue weighted by Crippen LogP contribution is 2.42. The first-order valence-electron chi connectivity index (χ1n) is 13.9. The van der Waals surface area contributed by atoms with E-state index in [1.54, 1.807) is 0 Å². The van der Waals surface area contributed by atoms with Gasteiger partial charge in [0.05, 0.1) is 0 Å². The van der Waals surface area contributed by atoms with Gasteiger partial charge in [0.1, 0.15) is 0 Å². The van der Waals surface area contributed by atoms with E-state index in [4.69, 9.17) is 6.42 Å². The first kappa shape index (κ1) is 25.9. The lowest BCUT2D eigenvalue weighted by Crippen LogP contribution is -2.13. The lowest BCUT2D eigenvalue weighted by Gasteiger charge is -2.24. The van der Waals surface area contributed by atoms with Crippen LogP contribution in [0.3, 0.4) is 0 Å². The second-order valence-corrected chi connectivity index (χ2v) is 11.1. The van der Waals surface area contributed by atoms with Crippen molar-refractivity contribution in [1.82, 2.24) is 0 Å². The van der Waals surface area contributed by atoms with E-state index >= 15 is 0 Å². The fourth-order valence-electron chi connectivity index (χ4n) is 6.13. The van der Waals surface area contributed by atoms with E-state index in [2.05, 4.69) is 87.5 Å². The Morgan fingerprint density at radius 3 is 2.33 bits per heavy atom. The van der Waals surface area contributed by atoms with Crippen molar-refractivity contribution in [2.24, 2.45) is 5.92 Å². The van der Waals surface area contributed by atoms with Crippen molar-refractivity contribution in [3.63, 3.8) is 0 Å². The molecule has 0 amide bonds. The molecule has 2 nitrogen and oxygen atoms in total. The van der Waals surface area contributed by atoms with E-state index in [0.29, 0.717) is 11.5 Å². The Morgan fingerprint density at radius 2 is 1.70 bits per heavy atom. The molecule has 2 radical (unpaired) electrons. The van der Waals surface area contributed by atoms with Crippen molar-refractivity contribution in [2.45, 2.75) is 39.7 Å². The molecule has 3 aliphatic rings. The SMILES string of the molecule is C#C/C(=C(/C)C(=C1C=C1)c1cc(C)cc([C@@H](C)Nc2ccccc2C(=O)C2=C[CH]2)c1[CH2])C1Cc2ccccc2C1.[HH].[HH]. The number of ketones is 1. The maximum absolute atomic E-state index is 12.9. The Kier molecular flexibility index (Phi) is 6.68. The van der Waals surface area contributed by atoms with E-state index < -0.39 is 0 Å². The predicted octanol–water partition coefficient (Wildman–Crippen LogP) is 8.86. The summed E-state index contributed by atoms with van der Waals surface area (Å²) < 4.78 is 0. The number of benzene rings is 3. The molecule has 40 heavy (non-hydrogen) atoms. The average Bonchev–Trinajstić information content (AvgIpc) is 3.89. The normalized spacial score (nSPS) is 16.5. The number of terminal acetylenes is 1. The van der Waals surface area contributed by atoms with Crippen molar-refractivity contribution >= 4 is 17.0 Å². The zero-order valence-corrected chi connectivity index (χ0v) is 23.3. The van der Waals surface area contributed by atoms with Gasteiger partial charge in [-0.25, -0.2) is 0 Å². The molecule has 0 bridgehead atoms. The van der Waals surface area contributed by atoms with Gasteiger partial charge in [0.15, 0.2) is 5.78 Å². The van der Waals surface area contributed by atoms with Crippen LogP contribution in [-0.2, 0) is 12.8 Å². The highest BCUT2D eigenvalue weighted by atomic mass is 16.1. The second kappa shape index (κ2) is 10.3. The summed E-state index contributed by atoms with van der Waals surface area (Å²) in [5.74, 6) is 3.45. The van der Waals surface area contributed by atoms with Gasteiger partial charge < -0.3 is 5.32 Å². The van der Waals surface area contributed by atoms with E-state index in [9.17, 15) is 4.79 Å². The fourth-order valence-corrected chi connectivity index (χ4v) is 6.13. The minimum atomic E-state index is -0.0589. The number of carbonyl (C=O) groups excluding carboxylic acids is 1. The molecule has 1 N–H and O–H groups in total. The van der Waals surface area contributed by atoms with Crippen molar-refractivity contribution in [3.8, 4) is 12.3 Å². The molecule has 3 aromatic rings. The summed E-state index contributed by atoms with van der Waals surface area (Å²) in [5.41, 5.74) is 14.1. The molecule has 0 fully saturated rings. The summed E-state index contributed by atoms with van der Waals surface area (Å²) >= 11 is 0. The van der Waals surface area contributed by atoms with Crippen LogP contribution in [0, 0.1) is 38.5 Å². The molecule has 0 saturated carbocycles. The largest absolute Gasteiger partial charge is 0.378 e. The predicted molar refractivity (Wildman–Crippen MR) is 170 cm³/mol. The number of hydrogen-bond donors (Lipinski definition) is 1. The van der Waals surface area contributed by atoms with Gasteiger partial charge in [-0.2, -0.15) is 0 Å². The summed E-state index contributed by atoms with van der Waals surface area (Å²) in [6, 6.07) is 20.8. The number of carbonyl (C=O) groups is 1. The van der Waals surface area contributed by atoms with Crippen LogP contribution in [0.4, 0.5) is 5.69 Å². The van der Waals surface area contributed by atoms with Crippen molar-refractivity contribution in [3.05, 3.63) is 153 Å². The van der Waals surface area contributed by atoms with Gasteiger partial charge >= 0.3 is 0 Å². The summed E-state index contributed by atoms with van der Waals surface area (Å²) in [6.07, 6.45) is 16.2. The summed E-state index contributed by atoms with van der Waals surface area (Å²) in [5, 5.41) is 3.61. The molecule has 3 aromatic carbocycles. The highest BCUT2D eigenvalue weighted by Gasteiger charge is 2.28. The molecule has 0 aliphatic heterocycles. The Labute approximate surface area is 241 Å². The van der Waals surface area contributed by atoms with Gasteiger partial charge in [0, 0.05) is 43.6 Å². The molecule has 0 spiro atoms. The zero-order chi connectivity index (χ0) is 28.0. The van der Waals surface area contributed by atoms with Gasteiger partial charge in [-0.05, 0) is 97.2 Å². The molecule has 200 valence electrons. The summed E-state index contributed by atoms with van der Waals surface area (Å²) in [4.78, 5) is 12.9. The quantitative estimate of drug-likeness (QED) is 0.236. The Bertz CT molecular complexity index is 1700. The van der Waals surface area contributed by atoms with Crippen LogP contribution in [0.2, 0.25) is 0 Å². The molecule has 0 unspecified atom stereocenters. The Balaban J connectivity index is 0.00000202. The number of para-hydroxylation sites is 1. The van der Waals surface area contributed by atoms with Crippen molar-refractivity contribution in [2.75, 3.05) is 5.32 Å². The molecule has 6 rings (SSSR count). The number of rotatable bonds is 8. The number of nitrogens with one attached hydrogen (secondary N) is 1. The van der Waals surface area contributed by atoms with Crippen molar-refractivity contribution < 1.29 is 7.65 Å². The summed E-state index contributed by atoms with van der Waals surface area (Å²) in [6.45, 7) is 11.0. The standard InChI is InChI=1S/C38H33NO.2H2/c1-6-32(31-21-29-11-7-8-12-30(29)22-31)25(4)37(27-15-16-27)35-20-23(2)19-34(24(35)3)26(5)39-36-14-10-9-13-33(36)38(40)28-17-18-28;;/h1,7-20,26,31,39H,3,21-22H2,2,4-5H3;2*1H/b32-25+;;/t26-;;/m1../s1. The van der Waals surface area contributed by atoms with Gasteiger partial charge in [0.2, 0.25) is 0 Å². The van der Waals surface area contributed by atoms with Crippen LogP contribution >= 0.6 is 0 Å². The third-order valence-electron chi connectivity index (χ3n) is 8.32. The van der Waals surface area contributed by atoms with Crippen LogP contribution < -0.4 is 5.32 Å². The van der Waals surface area contributed by atoms with Crippen LogP contribution in [0.25, 0.3) is 5.57 Å². The topological polar surface area (TPSA) is 29.1 Å². The van der Waals surface area contributed by atoms with E-state index in [-0.39, 0.29) is 14.7 Å².